The van der Waals surface area contributed by atoms with Crippen molar-refractivity contribution < 1.29 is 18.0 Å². The molecular weight excluding hydrogens is 480 g/mol. The third-order valence-electron chi connectivity index (χ3n) is 5.02. The van der Waals surface area contributed by atoms with Gasteiger partial charge in [-0.2, -0.15) is 0 Å². The molecule has 2 heterocycles. The van der Waals surface area contributed by atoms with Gasteiger partial charge in [-0.05, 0) is 55.5 Å². The van der Waals surface area contributed by atoms with Crippen LogP contribution in [-0.4, -0.2) is 54.9 Å². The molecule has 1 aliphatic heterocycles. The second kappa shape index (κ2) is 9.65. The maximum atomic E-state index is 12.7. The van der Waals surface area contributed by atoms with Crippen LogP contribution in [0.2, 0.25) is 5.02 Å². The number of amides is 3. The monoisotopic (exact) mass is 500 g/mol. The molecule has 1 saturated heterocycles. The van der Waals surface area contributed by atoms with Crippen molar-refractivity contribution >= 4 is 50.9 Å². The number of aromatic nitrogens is 2. The van der Waals surface area contributed by atoms with Crippen LogP contribution in [0, 0.1) is 6.92 Å². The molecule has 1 aromatic heterocycles. The molecule has 0 radical (unpaired) electrons. The van der Waals surface area contributed by atoms with Crippen LogP contribution in [0.25, 0.3) is 0 Å². The number of aryl methyl sites for hydroxylation is 1. The molecule has 10 nitrogen and oxygen atoms in total. The van der Waals surface area contributed by atoms with Crippen molar-refractivity contribution in [2.75, 3.05) is 34.6 Å². The number of halogens is 1. The Morgan fingerprint density at radius 3 is 2.59 bits per heavy atom. The highest BCUT2D eigenvalue weighted by molar-refractivity contribution is 7.92. The molecule has 0 spiro atoms. The van der Waals surface area contributed by atoms with E-state index in [2.05, 4.69) is 20.0 Å². The van der Waals surface area contributed by atoms with Gasteiger partial charge in [0.05, 0.1) is 4.90 Å². The number of anilines is 3. The summed E-state index contributed by atoms with van der Waals surface area (Å²) in [5.41, 5.74) is 1.69. The predicted molar refractivity (Wildman–Crippen MR) is 128 cm³/mol. The third-order valence-corrected chi connectivity index (χ3v) is 6.60. The van der Waals surface area contributed by atoms with E-state index in [0.29, 0.717) is 35.2 Å². The van der Waals surface area contributed by atoms with E-state index in [4.69, 9.17) is 11.6 Å². The zero-order valence-electron chi connectivity index (χ0n) is 18.1. The Morgan fingerprint density at radius 1 is 1.12 bits per heavy atom. The fourth-order valence-electron chi connectivity index (χ4n) is 3.38. The van der Waals surface area contributed by atoms with E-state index in [1.165, 1.54) is 35.4 Å². The zero-order valence-corrected chi connectivity index (χ0v) is 19.7. The van der Waals surface area contributed by atoms with Crippen molar-refractivity contribution in [3.8, 4) is 0 Å². The molecule has 2 aromatic carbocycles. The van der Waals surface area contributed by atoms with E-state index in [9.17, 15) is 18.0 Å². The maximum absolute atomic E-state index is 12.7. The molecule has 12 heteroatoms. The molecule has 0 aliphatic carbocycles. The van der Waals surface area contributed by atoms with Crippen molar-refractivity contribution in [3.63, 3.8) is 0 Å². The van der Waals surface area contributed by atoms with Crippen LogP contribution in [0.5, 0.6) is 0 Å². The van der Waals surface area contributed by atoms with Gasteiger partial charge in [0.15, 0.2) is 0 Å². The second-order valence-electron chi connectivity index (χ2n) is 7.54. The van der Waals surface area contributed by atoms with Gasteiger partial charge in [-0.15, -0.1) is 0 Å². The van der Waals surface area contributed by atoms with Gasteiger partial charge < -0.3 is 10.2 Å². The van der Waals surface area contributed by atoms with Gasteiger partial charge in [0, 0.05) is 41.4 Å². The Morgan fingerprint density at radius 2 is 1.88 bits per heavy atom. The second-order valence-corrected chi connectivity index (χ2v) is 9.65. The average Bonchev–Trinajstić information content (AvgIpc) is 3.14. The summed E-state index contributed by atoms with van der Waals surface area (Å²) < 4.78 is 27.4. The first kappa shape index (κ1) is 23.5. The molecule has 2 N–H and O–H groups in total. The van der Waals surface area contributed by atoms with Crippen molar-refractivity contribution in [2.24, 2.45) is 0 Å². The van der Waals surface area contributed by atoms with E-state index >= 15 is 0 Å². The van der Waals surface area contributed by atoms with E-state index in [1.807, 2.05) is 0 Å². The SMILES string of the molecule is Cc1ccnc(NS(=O)(=O)c2ccc(NC(=O)CN3CCN(c4cccc(Cl)c4)C3=O)cc2)n1. The molecular formula is C22H21ClN6O4S. The van der Waals surface area contributed by atoms with Crippen LogP contribution in [0.1, 0.15) is 5.69 Å². The molecule has 3 aromatic rings. The van der Waals surface area contributed by atoms with Crippen molar-refractivity contribution in [1.82, 2.24) is 14.9 Å². The summed E-state index contributed by atoms with van der Waals surface area (Å²) in [7, 11) is -3.89. The van der Waals surface area contributed by atoms with E-state index in [1.54, 1.807) is 42.2 Å². The minimum Gasteiger partial charge on any atom is -0.325 e. The number of hydrogen-bond acceptors (Lipinski definition) is 6. The van der Waals surface area contributed by atoms with Gasteiger partial charge in [-0.1, -0.05) is 17.7 Å². The minimum atomic E-state index is -3.89. The Bertz CT molecular complexity index is 1330. The third kappa shape index (κ3) is 5.43. The van der Waals surface area contributed by atoms with Crippen LogP contribution >= 0.6 is 11.6 Å². The first-order valence-electron chi connectivity index (χ1n) is 10.3. The molecule has 0 atom stereocenters. The smallest absolute Gasteiger partial charge is 0.325 e. The van der Waals surface area contributed by atoms with Crippen LogP contribution in [0.3, 0.4) is 0 Å². The summed E-state index contributed by atoms with van der Waals surface area (Å²) in [4.78, 5) is 36.0. The van der Waals surface area contributed by atoms with Gasteiger partial charge in [-0.25, -0.2) is 27.9 Å². The van der Waals surface area contributed by atoms with Crippen molar-refractivity contribution in [3.05, 3.63) is 71.5 Å². The lowest BCUT2D eigenvalue weighted by Gasteiger charge is -2.18. The lowest BCUT2D eigenvalue weighted by molar-refractivity contribution is -0.116. The molecule has 3 amide bonds. The predicted octanol–water partition coefficient (Wildman–Crippen LogP) is 3.12. The first-order chi connectivity index (χ1) is 16.2. The lowest BCUT2D eigenvalue weighted by atomic mass is 10.3. The van der Waals surface area contributed by atoms with Gasteiger partial charge in [0.1, 0.15) is 6.54 Å². The fraction of sp³-hybridized carbons (Fsp3) is 0.182. The summed E-state index contributed by atoms with van der Waals surface area (Å²) in [6.07, 6.45) is 1.46. The molecule has 4 rings (SSSR count). The van der Waals surface area contributed by atoms with E-state index < -0.39 is 15.9 Å². The molecule has 0 bridgehead atoms. The molecule has 1 fully saturated rings. The summed E-state index contributed by atoms with van der Waals surface area (Å²) in [5.74, 6) is -0.428. The number of benzene rings is 2. The molecule has 1 aliphatic rings. The van der Waals surface area contributed by atoms with Crippen molar-refractivity contribution in [2.45, 2.75) is 11.8 Å². The number of rotatable bonds is 7. The highest BCUT2D eigenvalue weighted by Gasteiger charge is 2.31. The van der Waals surface area contributed by atoms with Gasteiger partial charge >= 0.3 is 6.03 Å². The molecule has 176 valence electrons. The van der Waals surface area contributed by atoms with Crippen LogP contribution in [0.15, 0.2) is 65.7 Å². The summed E-state index contributed by atoms with van der Waals surface area (Å²) in [5, 5.41) is 3.20. The number of nitrogens with zero attached hydrogens (tertiary/aromatic N) is 4. The highest BCUT2D eigenvalue weighted by atomic mass is 35.5. The van der Waals surface area contributed by atoms with Crippen LogP contribution in [0.4, 0.5) is 22.1 Å². The Balaban J connectivity index is 1.35. The number of urea groups is 1. The topological polar surface area (TPSA) is 125 Å². The number of nitrogens with one attached hydrogen (secondary N) is 2. The Kier molecular flexibility index (Phi) is 6.66. The van der Waals surface area contributed by atoms with Gasteiger partial charge in [0.2, 0.25) is 11.9 Å². The molecule has 0 saturated carbocycles. The first-order valence-corrected chi connectivity index (χ1v) is 12.1. The molecule has 34 heavy (non-hydrogen) atoms. The maximum Gasteiger partial charge on any atom is 0.325 e. The summed E-state index contributed by atoms with van der Waals surface area (Å²) in [6, 6.07) is 14.0. The zero-order chi connectivity index (χ0) is 24.3. The van der Waals surface area contributed by atoms with Crippen LogP contribution < -0.4 is 14.9 Å². The van der Waals surface area contributed by atoms with Gasteiger partial charge in [-0.3, -0.25) is 9.69 Å². The summed E-state index contributed by atoms with van der Waals surface area (Å²) >= 11 is 6.00. The number of carbonyl (C=O) groups is 2. The average molecular weight is 501 g/mol. The summed E-state index contributed by atoms with van der Waals surface area (Å²) in [6.45, 7) is 2.42. The quantitative estimate of drug-likeness (QED) is 0.513. The normalized spacial score (nSPS) is 13.8. The lowest BCUT2D eigenvalue weighted by Crippen LogP contribution is -2.37. The number of hydrogen-bond donors (Lipinski definition) is 2. The largest absolute Gasteiger partial charge is 0.325 e. The van der Waals surface area contributed by atoms with E-state index in [0.717, 1.165) is 0 Å². The number of carbonyl (C=O) groups excluding carboxylic acids is 2. The molecule has 0 unspecified atom stereocenters. The minimum absolute atomic E-state index is 0.0116. The highest BCUT2D eigenvalue weighted by Crippen LogP contribution is 2.23. The fourth-order valence-corrected chi connectivity index (χ4v) is 4.52. The van der Waals surface area contributed by atoms with Crippen molar-refractivity contribution in [1.29, 1.82) is 0 Å². The Hall–Kier alpha value is -3.70. The standard InChI is InChI=1S/C22H21ClN6O4S/c1-15-9-10-24-21(25-15)27-34(32,33)19-7-5-17(6-8-19)26-20(30)14-28-11-12-29(22(28)31)18-4-2-3-16(23)13-18/h2-10,13H,11-12,14H2,1H3,(H,26,30)(H,24,25,27). The van der Waals surface area contributed by atoms with Gasteiger partial charge in [0.25, 0.3) is 10.0 Å². The van der Waals surface area contributed by atoms with E-state index in [-0.39, 0.29) is 23.4 Å². The Labute approximate surface area is 201 Å². The van der Waals surface area contributed by atoms with Crippen LogP contribution in [-0.2, 0) is 14.8 Å². The number of sulfonamides is 1.